The number of carbonyl (C=O) groups excluding carboxylic acids is 1. The van der Waals surface area contributed by atoms with Crippen molar-refractivity contribution in [1.82, 2.24) is 0 Å². The van der Waals surface area contributed by atoms with E-state index in [1.54, 1.807) is 0 Å². The Kier molecular flexibility index (Phi) is 45.1. The molecule has 51 valence electrons. The molecule has 0 aromatic carbocycles. The van der Waals surface area contributed by atoms with Crippen LogP contribution in [0.15, 0.2) is 0 Å². The summed E-state index contributed by atoms with van der Waals surface area (Å²) in [6.07, 6.45) is 0. The minimum absolute atomic E-state index is 0. The van der Waals surface area contributed by atoms with Gasteiger partial charge in [0.15, 0.2) is 0 Å². The van der Waals surface area contributed by atoms with Crippen molar-refractivity contribution in [3.8, 4) is 0 Å². The van der Waals surface area contributed by atoms with E-state index in [4.69, 9.17) is 0 Å². The van der Waals surface area contributed by atoms with Crippen LogP contribution in [0.4, 0.5) is 0 Å². The van der Waals surface area contributed by atoms with Crippen LogP contribution >= 0.6 is 37.2 Å². The molecule has 0 unspecified atom stereocenters. The maximum Gasteiger partial charge on any atom is -0.147 e. The van der Waals surface area contributed by atoms with Crippen LogP contribution < -0.4 is 0 Å². The molecule has 0 fully saturated rings. The monoisotopic (exact) mass is 215 g/mol. The predicted octanol–water partition coefficient (Wildman–Crippen LogP) is 1.28. The predicted molar refractivity (Wildman–Crippen MR) is 33.5 cm³/mol. The van der Waals surface area contributed by atoms with Gasteiger partial charge in [0.1, 0.15) is 0 Å². The summed E-state index contributed by atoms with van der Waals surface area (Å²) < 4.78 is 4.11. The maximum atomic E-state index is 9.59. The Labute approximate surface area is 78.8 Å². The zero-order valence-electron chi connectivity index (χ0n) is 4.04. The van der Waals surface area contributed by atoms with Crippen molar-refractivity contribution in [2.24, 2.45) is 0 Å². The summed E-state index contributed by atoms with van der Waals surface area (Å²) in [7, 11) is 0. The second-order valence-corrected chi connectivity index (χ2v) is 0.912. The first kappa shape index (κ1) is 23.0. The van der Waals surface area contributed by atoms with Crippen LogP contribution in [0.1, 0.15) is 6.92 Å². The van der Waals surface area contributed by atoms with Crippen molar-refractivity contribution in [3.63, 3.8) is 0 Å². The molecule has 0 aliphatic heterocycles. The quantitative estimate of drug-likeness (QED) is 0.570. The van der Waals surface area contributed by atoms with Gasteiger partial charge in [-0.05, 0) is 0 Å². The van der Waals surface area contributed by atoms with Gasteiger partial charge in [0.2, 0.25) is 0 Å². The average molecular weight is 216 g/mol. The van der Waals surface area contributed by atoms with Crippen LogP contribution in [-0.4, -0.2) is 5.97 Å². The molecule has 0 aliphatic carbocycles. The summed E-state index contributed by atoms with van der Waals surface area (Å²) >= 11 is 1.35. The number of hydrogen-bond acceptors (Lipinski definition) is 2. The molecule has 0 heterocycles. The van der Waals surface area contributed by atoms with E-state index in [1.807, 2.05) is 0 Å². The van der Waals surface area contributed by atoms with Gasteiger partial charge in [0, 0.05) is 0 Å². The van der Waals surface area contributed by atoms with Crippen molar-refractivity contribution in [2.45, 2.75) is 6.92 Å². The number of rotatable bonds is 0. The van der Waals surface area contributed by atoms with Gasteiger partial charge >= 0.3 is 41.8 Å². The largest absolute Gasteiger partial charge is 0.147 e. The molecule has 0 amide bonds. The van der Waals surface area contributed by atoms with E-state index in [0.717, 1.165) is 0 Å². The molecule has 0 aliphatic rings. The van der Waals surface area contributed by atoms with E-state index >= 15 is 0 Å². The van der Waals surface area contributed by atoms with Gasteiger partial charge in [-0.25, -0.2) is 0 Å². The summed E-state index contributed by atoms with van der Waals surface area (Å²) in [6.45, 7) is 1.36. The Hall–Kier alpha value is 1.05. The minimum atomic E-state index is -0.245. The van der Waals surface area contributed by atoms with Crippen LogP contribution in [0, 0.1) is 0 Å². The third-order valence-corrected chi connectivity index (χ3v) is 0.593. The normalized spacial score (nSPS) is 4.00. The third-order valence-electron chi connectivity index (χ3n) is 0.144. The Morgan fingerprint density at radius 3 is 1.50 bits per heavy atom. The van der Waals surface area contributed by atoms with Crippen molar-refractivity contribution >= 4 is 43.2 Å². The van der Waals surface area contributed by atoms with Crippen LogP contribution in [0.3, 0.4) is 0 Å². The minimum Gasteiger partial charge on any atom is -0.147 e. The summed E-state index contributed by atoms with van der Waals surface area (Å²) in [6, 6.07) is 0. The van der Waals surface area contributed by atoms with Gasteiger partial charge in [0.05, 0.1) is 0 Å². The van der Waals surface area contributed by atoms with Gasteiger partial charge in [-0.2, -0.15) is 0 Å². The molecule has 0 N–H and O–H groups in total. The van der Waals surface area contributed by atoms with E-state index in [0.29, 0.717) is 0 Å². The van der Waals surface area contributed by atoms with Gasteiger partial charge in [-0.1, -0.05) is 0 Å². The third kappa shape index (κ3) is 27.7. The molecular weight excluding hydrogens is 210 g/mol. The summed E-state index contributed by atoms with van der Waals surface area (Å²) in [5.41, 5.74) is 0. The van der Waals surface area contributed by atoms with Gasteiger partial charge in [0.25, 0.3) is 0 Å². The van der Waals surface area contributed by atoms with Crippen molar-refractivity contribution in [2.75, 3.05) is 0 Å². The first-order chi connectivity index (χ1) is 2.27. The molecular formula is C2H6Cl3O2Ti. The van der Waals surface area contributed by atoms with Gasteiger partial charge < -0.3 is 0 Å². The number of halogens is 3. The molecule has 0 saturated heterocycles. The zero-order valence-corrected chi connectivity index (χ0v) is 8.05. The Bertz CT molecular complexity index is 50.5. The summed E-state index contributed by atoms with van der Waals surface area (Å²) in [4.78, 5) is 9.59. The molecule has 0 saturated carbocycles. The molecule has 0 aromatic heterocycles. The van der Waals surface area contributed by atoms with Crippen LogP contribution in [0.25, 0.3) is 0 Å². The standard InChI is InChI=1S/C2H4O2.3ClH.Ti/c1-2(3)4;;;;/h1H3,(H,3,4);3*1H;/q;;;;+1/p-1. The molecule has 0 bridgehead atoms. The van der Waals surface area contributed by atoms with Crippen molar-refractivity contribution < 1.29 is 28.9 Å². The SMILES string of the molecule is CC(=O)[O][Ti].Cl.Cl.Cl. The topological polar surface area (TPSA) is 26.3 Å². The second-order valence-electron chi connectivity index (χ2n) is 0.594. The van der Waals surface area contributed by atoms with Crippen molar-refractivity contribution in [1.29, 1.82) is 0 Å². The smallest absolute Gasteiger partial charge is 0.147 e. The first-order valence-electron chi connectivity index (χ1n) is 1.11. The molecule has 6 heteroatoms. The molecule has 0 atom stereocenters. The first-order valence-corrected chi connectivity index (χ1v) is 1.75. The molecule has 0 spiro atoms. The van der Waals surface area contributed by atoms with E-state index in [9.17, 15) is 4.79 Å². The van der Waals surface area contributed by atoms with E-state index in [-0.39, 0.29) is 43.2 Å². The molecule has 0 radical (unpaired) electrons. The summed E-state index contributed by atoms with van der Waals surface area (Å²) in [5, 5.41) is 0. The average Bonchev–Trinajstić information content (AvgIpc) is 1.38. The maximum absolute atomic E-state index is 9.59. The molecule has 0 aromatic rings. The molecule has 0 rings (SSSR count). The van der Waals surface area contributed by atoms with E-state index in [1.165, 1.54) is 27.7 Å². The molecule has 2 nitrogen and oxygen atoms in total. The van der Waals surface area contributed by atoms with Gasteiger partial charge in [-0.3, -0.25) is 0 Å². The van der Waals surface area contributed by atoms with Crippen molar-refractivity contribution in [3.05, 3.63) is 0 Å². The zero-order chi connectivity index (χ0) is 4.28. The second kappa shape index (κ2) is 15.7. The van der Waals surface area contributed by atoms with E-state index in [2.05, 4.69) is 3.32 Å². The fourth-order valence-electron chi connectivity index (χ4n) is 0. The van der Waals surface area contributed by atoms with Crippen LogP contribution in [0.5, 0.6) is 0 Å². The Balaban J connectivity index is -0.0000000267. The van der Waals surface area contributed by atoms with E-state index < -0.39 is 0 Å². The Morgan fingerprint density at radius 1 is 1.38 bits per heavy atom. The fraction of sp³-hybridized carbons (Fsp3) is 0.500. The van der Waals surface area contributed by atoms with Gasteiger partial charge in [-0.15, -0.1) is 37.2 Å². The number of carbonyl (C=O) groups is 1. The van der Waals surface area contributed by atoms with Crippen LogP contribution in [0.2, 0.25) is 0 Å². The fourth-order valence-corrected chi connectivity index (χ4v) is 0. The Morgan fingerprint density at radius 2 is 1.50 bits per heavy atom. The summed E-state index contributed by atoms with van der Waals surface area (Å²) in [5.74, 6) is -0.245. The number of hydrogen-bond donors (Lipinski definition) is 0. The van der Waals surface area contributed by atoms with Crippen LogP contribution in [-0.2, 0) is 28.9 Å². The molecule has 8 heavy (non-hydrogen) atoms.